The van der Waals surface area contributed by atoms with Crippen molar-refractivity contribution in [2.24, 2.45) is 0 Å². The molecule has 1 aromatic heterocycles. The molecule has 0 spiro atoms. The van der Waals surface area contributed by atoms with Gasteiger partial charge in [-0.2, -0.15) is 0 Å². The Bertz CT molecular complexity index is 550. The van der Waals surface area contributed by atoms with Gasteiger partial charge in [0.25, 0.3) is 0 Å². The molecule has 7 nitrogen and oxygen atoms in total. The summed E-state index contributed by atoms with van der Waals surface area (Å²) in [5, 5.41) is 0. The second-order valence-corrected chi connectivity index (χ2v) is 9.48. The van der Waals surface area contributed by atoms with Crippen LogP contribution in [-0.2, 0) is 22.8 Å². The fourth-order valence-corrected chi connectivity index (χ4v) is 6.07. The Hall–Kier alpha value is -1.19. The zero-order valence-corrected chi connectivity index (χ0v) is 18.6. The molecule has 2 rings (SSSR count). The number of carbonyl (C=O) groups is 1. The SMILES string of the molecule is CCCCOC(=O)C1C(c2ccco2)N1CCC[Si](OCC)(OCC)OCC. The van der Waals surface area contributed by atoms with Gasteiger partial charge in [-0.15, -0.1) is 0 Å². The van der Waals surface area contributed by atoms with E-state index in [2.05, 4.69) is 11.8 Å². The van der Waals surface area contributed by atoms with Crippen molar-refractivity contribution >= 4 is 14.8 Å². The Morgan fingerprint density at radius 2 is 1.79 bits per heavy atom. The molecular formula is C20H35NO6Si. The third-order valence-electron chi connectivity index (χ3n) is 4.73. The van der Waals surface area contributed by atoms with Crippen molar-refractivity contribution in [1.82, 2.24) is 4.90 Å². The zero-order valence-electron chi connectivity index (χ0n) is 17.6. The molecule has 0 amide bonds. The van der Waals surface area contributed by atoms with E-state index in [-0.39, 0.29) is 18.1 Å². The van der Waals surface area contributed by atoms with E-state index in [0.717, 1.165) is 37.6 Å². The molecule has 0 aliphatic carbocycles. The molecule has 28 heavy (non-hydrogen) atoms. The number of ether oxygens (including phenoxy) is 1. The lowest BCUT2D eigenvalue weighted by Gasteiger charge is -2.28. The summed E-state index contributed by atoms with van der Waals surface area (Å²) in [4.78, 5) is 14.6. The van der Waals surface area contributed by atoms with Crippen LogP contribution in [-0.4, -0.2) is 58.7 Å². The topological polar surface area (TPSA) is 70.1 Å². The Morgan fingerprint density at radius 1 is 1.11 bits per heavy atom. The summed E-state index contributed by atoms with van der Waals surface area (Å²) in [5.74, 6) is 0.637. The van der Waals surface area contributed by atoms with Crippen LogP contribution in [0.3, 0.4) is 0 Å². The minimum absolute atomic E-state index is 0.0496. The van der Waals surface area contributed by atoms with E-state index in [9.17, 15) is 4.79 Å². The van der Waals surface area contributed by atoms with Crippen molar-refractivity contribution in [1.29, 1.82) is 0 Å². The highest BCUT2D eigenvalue weighted by molar-refractivity contribution is 6.60. The van der Waals surface area contributed by atoms with Crippen molar-refractivity contribution in [2.75, 3.05) is 33.0 Å². The third kappa shape index (κ3) is 6.15. The molecule has 1 aliphatic heterocycles. The molecule has 3 unspecified atom stereocenters. The summed E-state index contributed by atoms with van der Waals surface area (Å²) in [6.07, 6.45) is 4.35. The highest BCUT2D eigenvalue weighted by atomic mass is 28.4. The van der Waals surface area contributed by atoms with E-state index in [1.807, 2.05) is 32.9 Å². The Morgan fingerprint density at radius 3 is 2.32 bits per heavy atom. The number of furan rings is 1. The second kappa shape index (κ2) is 11.7. The van der Waals surface area contributed by atoms with Gasteiger partial charge in [-0.05, 0) is 52.3 Å². The quantitative estimate of drug-likeness (QED) is 0.187. The van der Waals surface area contributed by atoms with Crippen molar-refractivity contribution in [2.45, 2.75) is 65.1 Å². The first kappa shape index (κ1) is 23.1. The molecule has 0 N–H and O–H groups in total. The molecule has 1 fully saturated rings. The van der Waals surface area contributed by atoms with Crippen LogP contribution in [0.4, 0.5) is 0 Å². The van der Waals surface area contributed by atoms with Gasteiger partial charge < -0.3 is 22.4 Å². The van der Waals surface area contributed by atoms with E-state index in [1.165, 1.54) is 0 Å². The molecular weight excluding hydrogens is 378 g/mol. The van der Waals surface area contributed by atoms with Crippen molar-refractivity contribution in [3.63, 3.8) is 0 Å². The standard InChI is InChI=1S/C20H35NO6Si/c1-5-9-14-24-20(22)19-18(17-12-10-15-23-17)21(19)13-11-16-28(25-6-2,26-7-3)27-8-4/h10,12,15,18-19H,5-9,11,13-14,16H2,1-4H3. The van der Waals surface area contributed by atoms with E-state index in [0.29, 0.717) is 26.4 Å². The van der Waals surface area contributed by atoms with Gasteiger partial charge in [0.15, 0.2) is 0 Å². The summed E-state index contributed by atoms with van der Waals surface area (Å²) in [5.41, 5.74) is 0. The summed E-state index contributed by atoms with van der Waals surface area (Å²) in [6.45, 7) is 10.9. The highest BCUT2D eigenvalue weighted by Crippen LogP contribution is 2.44. The predicted molar refractivity (Wildman–Crippen MR) is 108 cm³/mol. The van der Waals surface area contributed by atoms with Crippen molar-refractivity contribution in [3.8, 4) is 0 Å². The maximum absolute atomic E-state index is 12.5. The number of nitrogens with zero attached hydrogens (tertiary/aromatic N) is 1. The molecule has 160 valence electrons. The van der Waals surface area contributed by atoms with Gasteiger partial charge in [0.05, 0.1) is 18.9 Å². The molecule has 0 aromatic carbocycles. The summed E-state index contributed by atoms with van der Waals surface area (Å²) >= 11 is 0. The molecule has 3 atom stereocenters. The fourth-order valence-electron chi connectivity index (χ4n) is 3.48. The second-order valence-electron chi connectivity index (χ2n) is 6.75. The van der Waals surface area contributed by atoms with Gasteiger partial charge in [-0.1, -0.05) is 13.3 Å². The lowest BCUT2D eigenvalue weighted by Crippen LogP contribution is -2.46. The monoisotopic (exact) mass is 413 g/mol. The van der Waals surface area contributed by atoms with Crippen LogP contribution in [0, 0.1) is 0 Å². The number of carbonyl (C=O) groups excluding carboxylic acids is 1. The molecule has 0 saturated carbocycles. The van der Waals surface area contributed by atoms with E-state index >= 15 is 0 Å². The average molecular weight is 414 g/mol. The van der Waals surface area contributed by atoms with Gasteiger partial charge in [0.2, 0.25) is 0 Å². The van der Waals surface area contributed by atoms with Gasteiger partial charge >= 0.3 is 14.8 Å². The largest absolute Gasteiger partial charge is 0.500 e. The third-order valence-corrected chi connectivity index (χ3v) is 7.89. The Labute approximate surface area is 169 Å². The van der Waals surface area contributed by atoms with E-state index in [1.54, 1.807) is 6.26 Å². The van der Waals surface area contributed by atoms with Gasteiger partial charge in [0.1, 0.15) is 11.8 Å². The average Bonchev–Trinajstić information content (AvgIpc) is 3.11. The van der Waals surface area contributed by atoms with Crippen LogP contribution in [0.2, 0.25) is 6.04 Å². The minimum Gasteiger partial charge on any atom is -0.468 e. The summed E-state index contributed by atoms with van der Waals surface area (Å²) < 4.78 is 28.7. The molecule has 1 aliphatic rings. The van der Waals surface area contributed by atoms with Gasteiger partial charge in [0, 0.05) is 25.9 Å². The first-order valence-corrected chi connectivity index (χ1v) is 12.4. The first-order chi connectivity index (χ1) is 13.6. The molecule has 0 radical (unpaired) electrons. The number of esters is 1. The molecule has 1 saturated heterocycles. The molecule has 8 heteroatoms. The molecule has 2 heterocycles. The van der Waals surface area contributed by atoms with Crippen molar-refractivity contribution < 1.29 is 27.2 Å². The Balaban J connectivity index is 1.94. The molecule has 1 aromatic rings. The lowest BCUT2D eigenvalue weighted by molar-refractivity contribution is -0.144. The van der Waals surface area contributed by atoms with Crippen LogP contribution in [0.5, 0.6) is 0 Å². The van der Waals surface area contributed by atoms with Crippen molar-refractivity contribution in [3.05, 3.63) is 24.2 Å². The van der Waals surface area contributed by atoms with Crippen LogP contribution in [0.25, 0.3) is 0 Å². The number of rotatable bonds is 15. The van der Waals surface area contributed by atoms with Crippen LogP contribution >= 0.6 is 0 Å². The fraction of sp³-hybridized carbons (Fsp3) is 0.750. The molecule has 0 bridgehead atoms. The van der Waals surface area contributed by atoms with E-state index in [4.69, 9.17) is 22.4 Å². The normalized spacial score (nSPS) is 21.6. The Kier molecular flexibility index (Phi) is 9.67. The number of hydrogen-bond donors (Lipinski definition) is 0. The summed E-state index contributed by atoms with van der Waals surface area (Å²) in [7, 11) is -2.66. The number of hydrogen-bond acceptors (Lipinski definition) is 7. The zero-order chi connectivity index (χ0) is 20.4. The lowest BCUT2D eigenvalue weighted by atomic mass is 10.2. The number of unbranched alkanes of at least 4 members (excludes halogenated alkanes) is 1. The predicted octanol–water partition coefficient (Wildman–Crippen LogP) is 3.79. The first-order valence-electron chi connectivity index (χ1n) is 10.5. The van der Waals surface area contributed by atoms with Gasteiger partial charge in [-0.3, -0.25) is 9.69 Å². The smallest absolute Gasteiger partial charge is 0.468 e. The maximum atomic E-state index is 12.5. The van der Waals surface area contributed by atoms with Crippen LogP contribution in [0.1, 0.15) is 58.8 Å². The van der Waals surface area contributed by atoms with Gasteiger partial charge in [-0.25, -0.2) is 0 Å². The maximum Gasteiger partial charge on any atom is 0.500 e. The minimum atomic E-state index is -2.66. The van der Waals surface area contributed by atoms with Crippen LogP contribution in [0.15, 0.2) is 22.8 Å². The summed E-state index contributed by atoms with van der Waals surface area (Å²) in [6, 6.07) is 4.16. The van der Waals surface area contributed by atoms with E-state index < -0.39 is 8.80 Å². The highest BCUT2D eigenvalue weighted by Gasteiger charge is 2.56. The van der Waals surface area contributed by atoms with Crippen LogP contribution < -0.4 is 0 Å².